The number of halogens is 1. The lowest BCUT2D eigenvalue weighted by Gasteiger charge is -2.33. The van der Waals surface area contributed by atoms with E-state index in [1.165, 1.54) is 19.3 Å². The van der Waals surface area contributed by atoms with E-state index in [9.17, 15) is 0 Å². The second kappa shape index (κ2) is 2.98. The van der Waals surface area contributed by atoms with Crippen molar-refractivity contribution in [2.75, 3.05) is 5.33 Å². The summed E-state index contributed by atoms with van der Waals surface area (Å²) in [6.07, 6.45) is 5.06. The molecule has 0 N–H and O–H groups in total. The molecule has 0 aromatic rings. The number of fused-ring (bicyclic) bond motifs is 2. The van der Waals surface area contributed by atoms with Gasteiger partial charge in [0.05, 0.1) is 12.2 Å². The summed E-state index contributed by atoms with van der Waals surface area (Å²) >= 11 is 3.60. The molecule has 0 saturated carbocycles. The first-order valence-electron chi connectivity index (χ1n) is 4.85. The zero-order valence-corrected chi connectivity index (χ0v) is 9.43. The van der Waals surface area contributed by atoms with Gasteiger partial charge in [0.25, 0.3) is 0 Å². The summed E-state index contributed by atoms with van der Waals surface area (Å²) < 4.78 is 5.85. The first-order valence-corrected chi connectivity index (χ1v) is 5.97. The zero-order chi connectivity index (χ0) is 8.77. The van der Waals surface area contributed by atoms with Crippen LogP contribution in [0.3, 0.4) is 0 Å². The molecule has 0 spiro atoms. The fourth-order valence-corrected chi connectivity index (χ4v) is 2.98. The highest BCUT2D eigenvalue weighted by molar-refractivity contribution is 9.09. The van der Waals surface area contributed by atoms with E-state index in [4.69, 9.17) is 4.74 Å². The molecule has 2 saturated heterocycles. The van der Waals surface area contributed by atoms with Gasteiger partial charge < -0.3 is 4.74 Å². The smallest absolute Gasteiger partial charge is 0.0614 e. The van der Waals surface area contributed by atoms with Crippen molar-refractivity contribution in [1.82, 2.24) is 0 Å². The fourth-order valence-electron chi connectivity index (χ4n) is 2.56. The minimum atomic E-state index is 0.417. The average molecular weight is 233 g/mol. The number of alkyl halides is 1. The van der Waals surface area contributed by atoms with Gasteiger partial charge in [0.2, 0.25) is 0 Å². The van der Waals surface area contributed by atoms with Gasteiger partial charge in [-0.2, -0.15) is 0 Å². The Morgan fingerprint density at radius 2 is 2.17 bits per heavy atom. The highest BCUT2D eigenvalue weighted by atomic mass is 79.9. The average Bonchev–Trinajstić information content (AvgIpc) is 2.64. The number of rotatable bonds is 2. The van der Waals surface area contributed by atoms with Crippen molar-refractivity contribution < 1.29 is 4.74 Å². The van der Waals surface area contributed by atoms with Crippen LogP contribution >= 0.6 is 15.9 Å². The number of ether oxygens (including phenoxy) is 1. The van der Waals surface area contributed by atoms with Gasteiger partial charge in [0, 0.05) is 5.33 Å². The van der Waals surface area contributed by atoms with Gasteiger partial charge in [0.15, 0.2) is 0 Å². The van der Waals surface area contributed by atoms with Gasteiger partial charge in [-0.05, 0) is 30.6 Å². The molecule has 2 aliphatic rings. The predicted molar refractivity (Wildman–Crippen MR) is 53.6 cm³/mol. The molecule has 2 fully saturated rings. The topological polar surface area (TPSA) is 9.23 Å². The molecule has 2 aliphatic heterocycles. The SMILES string of the molecule is CC(C)(CBr)C1CC2CCC1O2. The Labute approximate surface area is 83.0 Å². The van der Waals surface area contributed by atoms with Crippen LogP contribution in [0.2, 0.25) is 0 Å². The van der Waals surface area contributed by atoms with Crippen LogP contribution in [-0.2, 0) is 4.74 Å². The van der Waals surface area contributed by atoms with Gasteiger partial charge in [-0.25, -0.2) is 0 Å². The maximum atomic E-state index is 5.85. The molecule has 0 radical (unpaired) electrons. The Morgan fingerprint density at radius 1 is 1.42 bits per heavy atom. The molecule has 0 aromatic carbocycles. The van der Waals surface area contributed by atoms with E-state index in [1.54, 1.807) is 0 Å². The van der Waals surface area contributed by atoms with Gasteiger partial charge >= 0.3 is 0 Å². The monoisotopic (exact) mass is 232 g/mol. The maximum Gasteiger partial charge on any atom is 0.0614 e. The lowest BCUT2D eigenvalue weighted by Crippen LogP contribution is -2.33. The van der Waals surface area contributed by atoms with E-state index in [2.05, 4.69) is 29.8 Å². The first-order chi connectivity index (χ1) is 5.63. The molecular weight excluding hydrogens is 216 g/mol. The second-order valence-corrected chi connectivity index (χ2v) is 5.40. The van der Waals surface area contributed by atoms with Crippen molar-refractivity contribution in [3.63, 3.8) is 0 Å². The Kier molecular flexibility index (Phi) is 2.24. The third kappa shape index (κ3) is 1.33. The summed E-state index contributed by atoms with van der Waals surface area (Å²) in [6.45, 7) is 4.69. The molecule has 2 heterocycles. The molecule has 2 bridgehead atoms. The van der Waals surface area contributed by atoms with Crippen LogP contribution in [0.1, 0.15) is 33.1 Å². The van der Waals surface area contributed by atoms with Crippen LogP contribution in [0.5, 0.6) is 0 Å². The Morgan fingerprint density at radius 3 is 2.58 bits per heavy atom. The summed E-state index contributed by atoms with van der Waals surface area (Å²) in [5.41, 5.74) is 0.417. The van der Waals surface area contributed by atoms with E-state index >= 15 is 0 Å². The third-order valence-electron chi connectivity index (χ3n) is 3.45. The van der Waals surface area contributed by atoms with Crippen LogP contribution < -0.4 is 0 Å². The zero-order valence-electron chi connectivity index (χ0n) is 7.85. The van der Waals surface area contributed by atoms with Crippen molar-refractivity contribution in [3.05, 3.63) is 0 Å². The molecule has 0 amide bonds. The van der Waals surface area contributed by atoms with E-state index in [0.29, 0.717) is 17.6 Å². The molecule has 2 heteroatoms. The van der Waals surface area contributed by atoms with Crippen LogP contribution in [0.4, 0.5) is 0 Å². The quantitative estimate of drug-likeness (QED) is 0.666. The van der Waals surface area contributed by atoms with Gasteiger partial charge in [0.1, 0.15) is 0 Å². The largest absolute Gasteiger partial charge is 0.375 e. The Bertz CT molecular complexity index is 179. The third-order valence-corrected chi connectivity index (χ3v) is 4.90. The van der Waals surface area contributed by atoms with E-state index in [-0.39, 0.29) is 0 Å². The molecule has 0 aliphatic carbocycles. The molecule has 1 nitrogen and oxygen atoms in total. The molecule has 70 valence electrons. The summed E-state index contributed by atoms with van der Waals surface area (Å²) in [5, 5.41) is 1.09. The minimum absolute atomic E-state index is 0.417. The van der Waals surface area contributed by atoms with Crippen molar-refractivity contribution in [3.8, 4) is 0 Å². The van der Waals surface area contributed by atoms with Crippen molar-refractivity contribution in [2.45, 2.75) is 45.3 Å². The molecule has 2 rings (SSSR count). The van der Waals surface area contributed by atoms with Gasteiger partial charge in [-0.3, -0.25) is 0 Å². The lowest BCUT2D eigenvalue weighted by molar-refractivity contribution is 0.0700. The lowest BCUT2D eigenvalue weighted by atomic mass is 9.72. The normalized spacial score (nSPS) is 40.8. The van der Waals surface area contributed by atoms with E-state index in [0.717, 1.165) is 11.2 Å². The predicted octanol–water partition coefficient (Wildman–Crippen LogP) is 2.98. The second-order valence-electron chi connectivity index (χ2n) is 4.84. The van der Waals surface area contributed by atoms with Crippen LogP contribution in [0.15, 0.2) is 0 Å². The molecule has 0 aromatic heterocycles. The fraction of sp³-hybridized carbons (Fsp3) is 1.00. The van der Waals surface area contributed by atoms with E-state index in [1.807, 2.05) is 0 Å². The molecule has 3 atom stereocenters. The highest BCUT2D eigenvalue weighted by Crippen LogP contribution is 2.47. The van der Waals surface area contributed by atoms with E-state index < -0.39 is 0 Å². The molecule has 12 heavy (non-hydrogen) atoms. The summed E-state index contributed by atoms with van der Waals surface area (Å²) in [6, 6.07) is 0. The summed E-state index contributed by atoms with van der Waals surface area (Å²) in [4.78, 5) is 0. The Hall–Kier alpha value is 0.440. The van der Waals surface area contributed by atoms with Crippen LogP contribution in [0.25, 0.3) is 0 Å². The highest BCUT2D eigenvalue weighted by Gasteiger charge is 2.46. The Balaban J connectivity index is 2.06. The van der Waals surface area contributed by atoms with Crippen molar-refractivity contribution in [2.24, 2.45) is 11.3 Å². The number of hydrogen-bond donors (Lipinski definition) is 0. The van der Waals surface area contributed by atoms with Crippen LogP contribution in [0, 0.1) is 11.3 Å². The van der Waals surface area contributed by atoms with Crippen molar-refractivity contribution >= 4 is 15.9 Å². The van der Waals surface area contributed by atoms with Crippen molar-refractivity contribution in [1.29, 1.82) is 0 Å². The summed E-state index contributed by atoms with van der Waals surface area (Å²) in [7, 11) is 0. The number of hydrogen-bond acceptors (Lipinski definition) is 1. The van der Waals surface area contributed by atoms with Crippen LogP contribution in [-0.4, -0.2) is 17.5 Å². The summed E-state index contributed by atoms with van der Waals surface area (Å²) in [5.74, 6) is 0.788. The minimum Gasteiger partial charge on any atom is -0.375 e. The van der Waals surface area contributed by atoms with Gasteiger partial charge in [-0.1, -0.05) is 29.8 Å². The molecular formula is C10H17BrO. The standard InChI is InChI=1S/C10H17BrO/c1-10(2,6-11)8-5-7-3-4-9(8)12-7/h7-9H,3-6H2,1-2H3. The van der Waals surface area contributed by atoms with Gasteiger partial charge in [-0.15, -0.1) is 0 Å². The first kappa shape index (κ1) is 9.01. The molecule has 3 unspecified atom stereocenters. The maximum absolute atomic E-state index is 5.85.